The molecule has 1 saturated carbocycles. The van der Waals surface area contributed by atoms with E-state index in [0.29, 0.717) is 12.1 Å². The first-order valence-electron chi connectivity index (χ1n) is 10.7. The molecule has 3 aromatic rings. The molecule has 2 heterocycles. The molecule has 0 radical (unpaired) electrons. The number of carbonyl (C=O) groups excluding carboxylic acids is 2. The van der Waals surface area contributed by atoms with Crippen molar-refractivity contribution in [3.63, 3.8) is 0 Å². The highest BCUT2D eigenvalue weighted by Gasteiger charge is 2.41. The number of aromatic nitrogens is 6. The number of tetrazole rings is 1. The maximum atomic E-state index is 13.2. The molecule has 1 aliphatic carbocycles. The Labute approximate surface area is 203 Å². The van der Waals surface area contributed by atoms with Crippen molar-refractivity contribution >= 4 is 41.3 Å². The fraction of sp³-hybridized carbons (Fsp3) is 0.450. The molecule has 1 atom stereocenters. The monoisotopic (exact) mass is 509 g/mol. The molecule has 180 valence electrons. The average molecular weight is 510 g/mol. The Kier molecular flexibility index (Phi) is 7.10. The lowest BCUT2D eigenvalue weighted by Crippen LogP contribution is -2.60. The summed E-state index contributed by atoms with van der Waals surface area (Å²) in [6, 6.07) is 4.63. The van der Waals surface area contributed by atoms with E-state index in [9.17, 15) is 14.4 Å². The van der Waals surface area contributed by atoms with E-state index in [0.717, 1.165) is 41.5 Å². The van der Waals surface area contributed by atoms with E-state index in [-0.39, 0.29) is 45.3 Å². The average Bonchev–Trinajstić information content (AvgIpc) is 3.39. The van der Waals surface area contributed by atoms with Crippen LogP contribution in [0.4, 0.5) is 5.82 Å². The van der Waals surface area contributed by atoms with Crippen LogP contribution in [0.3, 0.4) is 0 Å². The van der Waals surface area contributed by atoms with E-state index >= 15 is 0 Å². The van der Waals surface area contributed by atoms with Crippen LogP contribution in [-0.2, 0) is 16.3 Å². The molecule has 2 aromatic heterocycles. The summed E-state index contributed by atoms with van der Waals surface area (Å²) in [5, 5.41) is 18.2. The van der Waals surface area contributed by atoms with Crippen LogP contribution in [0.2, 0.25) is 10.0 Å². The number of carbonyl (C=O) groups is 2. The highest BCUT2D eigenvalue weighted by atomic mass is 35.5. The van der Waals surface area contributed by atoms with Crippen LogP contribution in [0.25, 0.3) is 5.69 Å². The number of benzene rings is 1. The molecule has 0 spiro atoms. The summed E-state index contributed by atoms with van der Waals surface area (Å²) < 4.78 is 6.32. The first-order valence-corrected chi connectivity index (χ1v) is 11.5. The predicted octanol–water partition coefficient (Wildman–Crippen LogP) is 2.33. The molecule has 1 aromatic carbocycles. The summed E-state index contributed by atoms with van der Waals surface area (Å²) in [7, 11) is 0. The van der Waals surface area contributed by atoms with Gasteiger partial charge in [0.15, 0.2) is 13.2 Å². The number of amides is 2. The van der Waals surface area contributed by atoms with Gasteiger partial charge in [-0.2, -0.15) is 4.68 Å². The van der Waals surface area contributed by atoms with Crippen LogP contribution in [0.5, 0.6) is 0 Å². The third-order valence-electron chi connectivity index (χ3n) is 6.05. The quantitative estimate of drug-likeness (QED) is 0.360. The van der Waals surface area contributed by atoms with Crippen molar-refractivity contribution in [3.05, 3.63) is 44.4 Å². The Morgan fingerprint density at radius 2 is 1.91 bits per heavy atom. The van der Waals surface area contributed by atoms with E-state index in [1.54, 1.807) is 25.1 Å². The van der Waals surface area contributed by atoms with Gasteiger partial charge in [0.05, 0.1) is 16.1 Å². The molecule has 0 saturated heterocycles. The van der Waals surface area contributed by atoms with Crippen molar-refractivity contribution in [2.75, 3.05) is 11.9 Å². The fourth-order valence-corrected chi connectivity index (χ4v) is 4.83. The second kappa shape index (κ2) is 10.0. The lowest BCUT2D eigenvalue weighted by atomic mass is 9.92. The number of quaternary nitrogens is 1. The summed E-state index contributed by atoms with van der Waals surface area (Å²) in [5.74, 6) is -0.292. The number of anilines is 1. The van der Waals surface area contributed by atoms with Crippen molar-refractivity contribution in [2.24, 2.45) is 0 Å². The van der Waals surface area contributed by atoms with Gasteiger partial charge in [0.25, 0.3) is 5.91 Å². The van der Waals surface area contributed by atoms with Gasteiger partial charge < -0.3 is 5.32 Å². The number of halogens is 2. The number of nitrogens with one attached hydrogen (secondary N) is 1. The Morgan fingerprint density at radius 1 is 1.21 bits per heavy atom. The molecule has 34 heavy (non-hydrogen) atoms. The van der Waals surface area contributed by atoms with Crippen LogP contribution in [-0.4, -0.2) is 59.5 Å². The minimum Gasteiger partial charge on any atom is -0.301 e. The largest absolute Gasteiger partial charge is 0.373 e. The van der Waals surface area contributed by atoms with E-state index < -0.39 is 11.6 Å². The van der Waals surface area contributed by atoms with Crippen molar-refractivity contribution < 1.29 is 18.7 Å². The molecular weight excluding hydrogens is 487 g/mol. The van der Waals surface area contributed by atoms with E-state index in [4.69, 9.17) is 23.2 Å². The molecule has 1 fully saturated rings. The second-order valence-corrected chi connectivity index (χ2v) is 9.10. The Morgan fingerprint density at radius 3 is 2.53 bits per heavy atom. The lowest BCUT2D eigenvalue weighted by molar-refractivity contribution is -0.887. The van der Waals surface area contributed by atoms with Gasteiger partial charge in [-0.25, -0.2) is 18.7 Å². The van der Waals surface area contributed by atoms with Crippen LogP contribution >= 0.6 is 23.2 Å². The van der Waals surface area contributed by atoms with Gasteiger partial charge in [-0.15, -0.1) is 4.68 Å². The number of nitrogens with zero attached hydrogens (tertiary/aromatic N) is 7. The molecule has 0 bridgehead atoms. The smallest absolute Gasteiger partial charge is 0.301 e. The molecule has 4 rings (SSSR count). The molecule has 12 nitrogen and oxygen atoms in total. The van der Waals surface area contributed by atoms with Crippen molar-refractivity contribution in [1.82, 2.24) is 30.1 Å². The molecular formula is C20H23Cl2N8O4+. The van der Waals surface area contributed by atoms with Gasteiger partial charge in [-0.3, -0.25) is 4.79 Å². The van der Waals surface area contributed by atoms with E-state index in [1.807, 2.05) is 0 Å². The van der Waals surface area contributed by atoms with Crippen LogP contribution < -0.4 is 11.0 Å². The Hall–Kier alpha value is -3.09. The maximum absolute atomic E-state index is 13.2. The molecule has 14 heteroatoms. The number of aryl methyl sites for hydroxylation is 1. The minimum atomic E-state index is -0.632. The summed E-state index contributed by atoms with van der Waals surface area (Å²) in [6.07, 6.45) is 5.06. The van der Waals surface area contributed by atoms with Gasteiger partial charge in [-0.05, 0) is 60.3 Å². The number of para-hydroxylation sites is 1. The maximum Gasteiger partial charge on any atom is 0.373 e. The van der Waals surface area contributed by atoms with Gasteiger partial charge in [0.2, 0.25) is 5.82 Å². The Balaban J connectivity index is 1.67. The fourth-order valence-electron chi connectivity index (χ4n) is 4.27. The van der Waals surface area contributed by atoms with Crippen LogP contribution in [0.1, 0.15) is 37.8 Å². The first kappa shape index (κ1) is 24.0. The summed E-state index contributed by atoms with van der Waals surface area (Å²) in [4.78, 5) is 38.6. The number of hydrogen-bond acceptors (Lipinski definition) is 8. The standard InChI is InChI=1S/C20H22Cl2N8O4/c1-13-19(25-34-24-13)23-17(32)10-30(12-31,14-6-3-2-4-7-14)11-28-20(33)29(27-26-28)18-15(21)8-5-9-16(18)22/h5,8-9,12,14H,2-4,6-7,10-11H2,1H3/p+1. The number of rotatable bonds is 8. The number of hydrogen-bond donors (Lipinski definition) is 1. The van der Waals surface area contributed by atoms with Gasteiger partial charge in [-0.1, -0.05) is 40.8 Å². The molecule has 2 amide bonds. The molecule has 1 unspecified atom stereocenters. The summed E-state index contributed by atoms with van der Waals surface area (Å²) >= 11 is 12.4. The lowest BCUT2D eigenvalue weighted by Gasteiger charge is -2.39. The minimum absolute atomic E-state index is 0.172. The highest BCUT2D eigenvalue weighted by molar-refractivity contribution is 6.37. The van der Waals surface area contributed by atoms with Crippen LogP contribution in [0, 0.1) is 6.92 Å². The summed E-state index contributed by atoms with van der Waals surface area (Å²) in [5.41, 5.74) is -0.0335. The van der Waals surface area contributed by atoms with Gasteiger partial charge >= 0.3 is 12.1 Å². The normalized spacial score (nSPS) is 16.2. The van der Waals surface area contributed by atoms with Gasteiger partial charge in [0.1, 0.15) is 11.4 Å². The molecule has 0 aliphatic heterocycles. The Bertz CT molecular complexity index is 1230. The zero-order valence-corrected chi connectivity index (χ0v) is 19.9. The predicted molar refractivity (Wildman–Crippen MR) is 121 cm³/mol. The SMILES string of the molecule is Cc1nonc1NC(=O)C[N+](C=O)(Cn1nnn(-c2c(Cl)cccc2Cl)c1=O)C1CCCCC1. The van der Waals surface area contributed by atoms with Gasteiger partial charge in [0, 0.05) is 0 Å². The topological polar surface area (TPSA) is 138 Å². The van der Waals surface area contributed by atoms with Crippen LogP contribution in [0.15, 0.2) is 27.6 Å². The third-order valence-corrected chi connectivity index (χ3v) is 6.66. The van der Waals surface area contributed by atoms with Crippen molar-refractivity contribution in [1.29, 1.82) is 0 Å². The molecule has 1 aliphatic rings. The van der Waals surface area contributed by atoms with Crippen molar-refractivity contribution in [2.45, 2.75) is 51.7 Å². The first-order chi connectivity index (χ1) is 16.3. The zero-order chi connectivity index (χ0) is 24.3. The van der Waals surface area contributed by atoms with E-state index in [1.165, 1.54) is 0 Å². The highest BCUT2D eigenvalue weighted by Crippen LogP contribution is 2.29. The third kappa shape index (κ3) is 4.74. The molecule has 1 N–H and O–H groups in total. The van der Waals surface area contributed by atoms with Crippen molar-refractivity contribution in [3.8, 4) is 5.69 Å². The second-order valence-electron chi connectivity index (χ2n) is 8.29. The van der Waals surface area contributed by atoms with E-state index in [2.05, 4.69) is 30.7 Å². The summed E-state index contributed by atoms with van der Waals surface area (Å²) in [6.45, 7) is 1.22. The zero-order valence-electron chi connectivity index (χ0n) is 18.4.